The number of hydrogen-bond acceptors (Lipinski definition) is 8. The number of rotatable bonds is 10. The number of nitrogens with zero attached hydrogens (tertiary/aromatic N) is 4. The molecule has 3 aromatic carbocycles. The number of thioether (sulfide) groups is 2. The van der Waals surface area contributed by atoms with Gasteiger partial charge in [0, 0.05) is 11.1 Å². The van der Waals surface area contributed by atoms with Crippen LogP contribution >= 0.6 is 46.5 Å². The van der Waals surface area contributed by atoms with Crippen molar-refractivity contribution in [3.05, 3.63) is 88.7 Å². The van der Waals surface area contributed by atoms with Crippen molar-refractivity contribution in [3.8, 4) is 5.75 Å². The Labute approximate surface area is 238 Å². The fraction of sp³-hybridized carbons (Fsp3) is 0.185. The average Bonchev–Trinajstić information content (AvgIpc) is 3.52. The zero-order chi connectivity index (χ0) is 26.5. The van der Waals surface area contributed by atoms with Crippen molar-refractivity contribution in [2.75, 3.05) is 18.2 Å². The number of carbonyl (C=O) groups excluding carboxylic acids is 1. The lowest BCUT2D eigenvalue weighted by Gasteiger charge is -2.13. The Balaban J connectivity index is 1.31. The van der Waals surface area contributed by atoms with Crippen LogP contribution in [-0.2, 0) is 17.1 Å². The number of anilines is 1. The van der Waals surface area contributed by atoms with Gasteiger partial charge in [0.2, 0.25) is 5.91 Å². The molecule has 0 saturated carbocycles. The van der Waals surface area contributed by atoms with Crippen LogP contribution in [0.4, 0.5) is 5.69 Å². The van der Waals surface area contributed by atoms with E-state index < -0.39 is 0 Å². The van der Waals surface area contributed by atoms with Crippen LogP contribution < -0.4 is 10.1 Å². The molecule has 0 atom stereocenters. The molecular formula is C27H24ClN5O2S3. The molecule has 2 aromatic heterocycles. The van der Waals surface area contributed by atoms with Crippen molar-refractivity contribution in [2.24, 2.45) is 0 Å². The van der Waals surface area contributed by atoms with E-state index in [0.717, 1.165) is 31.5 Å². The number of methoxy groups -OCH3 is 1. The van der Waals surface area contributed by atoms with Gasteiger partial charge in [-0.1, -0.05) is 77.6 Å². The highest BCUT2D eigenvalue weighted by Crippen LogP contribution is 2.33. The Morgan fingerprint density at radius 1 is 1.08 bits per heavy atom. The smallest absolute Gasteiger partial charge is 0.234 e. The SMILES string of the molecule is COc1cc(Cl)c(C)cc1NC(=O)CSc1nnc(CSc2nc3ccccc3s2)n1Cc1ccccc1. The predicted molar refractivity (Wildman–Crippen MR) is 157 cm³/mol. The maximum Gasteiger partial charge on any atom is 0.234 e. The highest BCUT2D eigenvalue weighted by molar-refractivity contribution is 8.00. The molecule has 0 aliphatic rings. The van der Waals surface area contributed by atoms with Gasteiger partial charge in [-0.15, -0.1) is 21.5 Å². The summed E-state index contributed by atoms with van der Waals surface area (Å²) in [6.45, 7) is 2.49. The Morgan fingerprint density at radius 3 is 2.66 bits per heavy atom. The number of aryl methyl sites for hydroxylation is 1. The highest BCUT2D eigenvalue weighted by atomic mass is 35.5. The molecule has 1 N–H and O–H groups in total. The van der Waals surface area contributed by atoms with E-state index in [4.69, 9.17) is 21.3 Å². The molecule has 0 aliphatic carbocycles. The summed E-state index contributed by atoms with van der Waals surface area (Å²) < 4.78 is 9.60. The minimum absolute atomic E-state index is 0.169. The van der Waals surface area contributed by atoms with Gasteiger partial charge in [-0.25, -0.2) is 4.98 Å². The summed E-state index contributed by atoms with van der Waals surface area (Å²) in [6.07, 6.45) is 0. The molecule has 0 spiro atoms. The molecule has 2 heterocycles. The molecule has 5 aromatic rings. The molecular weight excluding hydrogens is 558 g/mol. The molecule has 0 bridgehead atoms. The van der Waals surface area contributed by atoms with E-state index in [9.17, 15) is 4.79 Å². The number of halogens is 1. The van der Waals surface area contributed by atoms with Crippen LogP contribution in [0.25, 0.3) is 10.2 Å². The van der Waals surface area contributed by atoms with Gasteiger partial charge >= 0.3 is 0 Å². The fourth-order valence-electron chi connectivity index (χ4n) is 3.74. The normalized spacial score (nSPS) is 11.1. The van der Waals surface area contributed by atoms with Crippen molar-refractivity contribution in [1.29, 1.82) is 0 Å². The maximum atomic E-state index is 12.8. The Hall–Kier alpha value is -3.05. The molecule has 38 heavy (non-hydrogen) atoms. The molecule has 5 rings (SSSR count). The van der Waals surface area contributed by atoms with E-state index in [1.807, 2.05) is 43.3 Å². The monoisotopic (exact) mass is 581 g/mol. The number of fused-ring (bicyclic) bond motifs is 1. The van der Waals surface area contributed by atoms with Crippen molar-refractivity contribution in [2.45, 2.75) is 28.7 Å². The van der Waals surface area contributed by atoms with Crippen molar-refractivity contribution < 1.29 is 9.53 Å². The lowest BCUT2D eigenvalue weighted by Crippen LogP contribution is -2.16. The number of nitrogens with one attached hydrogen (secondary N) is 1. The van der Waals surface area contributed by atoms with Crippen LogP contribution in [0, 0.1) is 6.92 Å². The Morgan fingerprint density at radius 2 is 1.87 bits per heavy atom. The van der Waals surface area contributed by atoms with Gasteiger partial charge in [0.1, 0.15) is 11.6 Å². The third-order valence-corrected chi connectivity index (χ3v) is 9.21. The third kappa shape index (κ3) is 6.32. The van der Waals surface area contributed by atoms with Gasteiger partial charge < -0.3 is 14.6 Å². The Bertz CT molecular complexity index is 1540. The van der Waals surface area contributed by atoms with Crippen LogP contribution in [0.2, 0.25) is 5.02 Å². The maximum absolute atomic E-state index is 12.8. The zero-order valence-electron chi connectivity index (χ0n) is 20.7. The molecule has 0 aliphatic heterocycles. The lowest BCUT2D eigenvalue weighted by atomic mass is 10.2. The summed E-state index contributed by atoms with van der Waals surface area (Å²) >= 11 is 10.9. The summed E-state index contributed by atoms with van der Waals surface area (Å²) in [4.78, 5) is 17.6. The number of hydrogen-bond donors (Lipinski definition) is 1. The molecule has 11 heteroatoms. The van der Waals surface area contributed by atoms with Crippen LogP contribution in [0.5, 0.6) is 5.75 Å². The highest BCUT2D eigenvalue weighted by Gasteiger charge is 2.17. The van der Waals surface area contributed by atoms with E-state index >= 15 is 0 Å². The van der Waals surface area contributed by atoms with Gasteiger partial charge in [0.25, 0.3) is 0 Å². The van der Waals surface area contributed by atoms with Crippen LogP contribution in [0.15, 0.2) is 76.2 Å². The van der Waals surface area contributed by atoms with E-state index in [2.05, 4.69) is 38.3 Å². The molecule has 0 unspecified atom stereocenters. The second kappa shape index (κ2) is 12.2. The van der Waals surface area contributed by atoms with Gasteiger partial charge in [0.15, 0.2) is 9.50 Å². The lowest BCUT2D eigenvalue weighted by molar-refractivity contribution is -0.113. The summed E-state index contributed by atoms with van der Waals surface area (Å²) in [5.41, 5.74) is 3.57. The zero-order valence-corrected chi connectivity index (χ0v) is 23.9. The van der Waals surface area contributed by atoms with Crippen LogP contribution in [0.1, 0.15) is 17.0 Å². The number of aromatic nitrogens is 4. The van der Waals surface area contributed by atoms with E-state index in [1.54, 1.807) is 42.3 Å². The summed E-state index contributed by atoms with van der Waals surface area (Å²) in [5, 5.41) is 13.1. The third-order valence-electron chi connectivity index (χ3n) is 5.66. The number of benzene rings is 3. The van der Waals surface area contributed by atoms with E-state index in [1.165, 1.54) is 11.8 Å². The quantitative estimate of drug-likeness (QED) is 0.179. The minimum Gasteiger partial charge on any atom is -0.495 e. The van der Waals surface area contributed by atoms with Crippen LogP contribution in [0.3, 0.4) is 0 Å². The van der Waals surface area contributed by atoms with E-state index in [-0.39, 0.29) is 11.7 Å². The standard InChI is InChI=1S/C27H24ClN5O2S3/c1-17-12-21(22(35-2)13-19(17)28)29-25(34)16-36-26-32-31-24(33(26)14-18-8-4-3-5-9-18)15-37-27-30-20-10-6-7-11-23(20)38-27/h3-13H,14-16H2,1-2H3,(H,29,34). The average molecular weight is 582 g/mol. The summed E-state index contributed by atoms with van der Waals surface area (Å²) in [6, 6.07) is 21.8. The summed E-state index contributed by atoms with van der Waals surface area (Å²) in [7, 11) is 1.55. The first-order valence-corrected chi connectivity index (χ1v) is 14.9. The first kappa shape index (κ1) is 26.6. The fourth-order valence-corrected chi connectivity index (χ4v) is 6.66. The van der Waals surface area contributed by atoms with Gasteiger partial charge in [-0.05, 0) is 36.2 Å². The van der Waals surface area contributed by atoms with Gasteiger partial charge in [0.05, 0.1) is 41.1 Å². The van der Waals surface area contributed by atoms with Gasteiger partial charge in [-0.3, -0.25) is 4.79 Å². The largest absolute Gasteiger partial charge is 0.495 e. The van der Waals surface area contributed by atoms with Gasteiger partial charge in [-0.2, -0.15) is 0 Å². The second-order valence-electron chi connectivity index (χ2n) is 8.35. The van der Waals surface area contributed by atoms with Crippen molar-refractivity contribution in [1.82, 2.24) is 19.7 Å². The Kier molecular flexibility index (Phi) is 8.53. The number of amides is 1. The minimum atomic E-state index is -0.172. The summed E-state index contributed by atoms with van der Waals surface area (Å²) in [5.74, 6) is 1.96. The first-order chi connectivity index (χ1) is 18.5. The first-order valence-electron chi connectivity index (χ1n) is 11.7. The molecule has 0 fully saturated rings. The molecule has 1 amide bonds. The van der Waals surface area contributed by atoms with Crippen LogP contribution in [-0.4, -0.2) is 38.5 Å². The number of ether oxygens (including phenoxy) is 1. The second-order valence-corrected chi connectivity index (χ2v) is 11.9. The molecule has 0 radical (unpaired) electrons. The topological polar surface area (TPSA) is 81.9 Å². The molecule has 7 nitrogen and oxygen atoms in total. The van der Waals surface area contributed by atoms with E-state index in [0.29, 0.717) is 33.9 Å². The van der Waals surface area contributed by atoms with Crippen molar-refractivity contribution in [3.63, 3.8) is 0 Å². The number of thiazole rings is 1. The molecule has 0 saturated heterocycles. The predicted octanol–water partition coefficient (Wildman–Crippen LogP) is 6.93. The number of carbonyl (C=O) groups is 1. The number of para-hydroxylation sites is 1. The molecule has 194 valence electrons. The van der Waals surface area contributed by atoms with Crippen molar-refractivity contribution >= 4 is 68.3 Å².